The molecule has 5 heteroatoms. The molecule has 2 aromatic heterocycles. The van der Waals surface area contributed by atoms with E-state index in [2.05, 4.69) is 19.2 Å². The topological polar surface area (TPSA) is 55.6 Å². The van der Waals surface area contributed by atoms with Crippen LogP contribution < -0.4 is 10.1 Å². The SMILES string of the molecule is CCCC[C@H](CC)C(=O)Nc1c(-c2cccc(OC)c2)nc2ccccn12. The predicted molar refractivity (Wildman–Crippen MR) is 109 cm³/mol. The van der Waals surface area contributed by atoms with Crippen molar-refractivity contribution in [2.24, 2.45) is 5.92 Å². The molecule has 0 saturated heterocycles. The molecular weight excluding hydrogens is 338 g/mol. The first-order valence-corrected chi connectivity index (χ1v) is 9.60. The van der Waals surface area contributed by atoms with Crippen LogP contribution in [0.15, 0.2) is 48.7 Å². The first-order valence-electron chi connectivity index (χ1n) is 9.60. The van der Waals surface area contributed by atoms with E-state index in [-0.39, 0.29) is 11.8 Å². The minimum atomic E-state index is 0.0115. The summed E-state index contributed by atoms with van der Waals surface area (Å²) in [5, 5.41) is 3.15. The molecule has 27 heavy (non-hydrogen) atoms. The third-order valence-electron chi connectivity index (χ3n) is 4.88. The molecule has 0 aliphatic rings. The number of amides is 1. The number of imidazole rings is 1. The van der Waals surface area contributed by atoms with Crippen LogP contribution in [0.5, 0.6) is 5.75 Å². The van der Waals surface area contributed by atoms with Crippen LogP contribution in [0, 0.1) is 5.92 Å². The largest absolute Gasteiger partial charge is 0.497 e. The van der Waals surface area contributed by atoms with E-state index in [1.54, 1.807) is 7.11 Å². The molecule has 142 valence electrons. The van der Waals surface area contributed by atoms with Gasteiger partial charge in [0.25, 0.3) is 0 Å². The van der Waals surface area contributed by atoms with Gasteiger partial charge < -0.3 is 10.1 Å². The fraction of sp³-hybridized carbons (Fsp3) is 0.364. The zero-order valence-corrected chi connectivity index (χ0v) is 16.2. The van der Waals surface area contributed by atoms with Crippen molar-refractivity contribution < 1.29 is 9.53 Å². The lowest BCUT2D eigenvalue weighted by molar-refractivity contribution is -0.120. The van der Waals surface area contributed by atoms with Gasteiger partial charge in [0, 0.05) is 17.7 Å². The summed E-state index contributed by atoms with van der Waals surface area (Å²) in [7, 11) is 1.64. The highest BCUT2D eigenvalue weighted by Crippen LogP contribution is 2.31. The molecule has 0 saturated carbocycles. The molecule has 1 aromatic carbocycles. The number of carbonyl (C=O) groups excluding carboxylic acids is 1. The van der Waals surface area contributed by atoms with Crippen LogP contribution in [-0.4, -0.2) is 22.4 Å². The predicted octanol–water partition coefficient (Wildman–Crippen LogP) is 5.16. The maximum Gasteiger partial charge on any atom is 0.228 e. The number of hydrogen-bond donors (Lipinski definition) is 1. The summed E-state index contributed by atoms with van der Waals surface area (Å²) >= 11 is 0. The van der Waals surface area contributed by atoms with Gasteiger partial charge in [-0.05, 0) is 37.1 Å². The molecule has 0 unspecified atom stereocenters. The molecule has 0 fully saturated rings. The van der Waals surface area contributed by atoms with Crippen LogP contribution in [0.3, 0.4) is 0 Å². The van der Waals surface area contributed by atoms with Gasteiger partial charge in [0.2, 0.25) is 5.91 Å². The molecular formula is C22H27N3O2. The molecule has 5 nitrogen and oxygen atoms in total. The number of hydrogen-bond acceptors (Lipinski definition) is 3. The number of nitrogens with zero attached hydrogens (tertiary/aromatic N) is 2. The standard InChI is InChI=1S/C22H27N3O2/c1-4-6-10-16(5-2)22(26)24-21-20(17-11-9-12-18(15-17)27-3)23-19-13-7-8-14-25(19)21/h7-9,11-16H,4-6,10H2,1-3H3,(H,24,26)/t16-/m0/s1. The van der Waals surface area contributed by atoms with Gasteiger partial charge >= 0.3 is 0 Å². The Morgan fingerprint density at radius 3 is 2.81 bits per heavy atom. The quantitative estimate of drug-likeness (QED) is 0.599. The monoisotopic (exact) mass is 365 g/mol. The second-order valence-electron chi connectivity index (χ2n) is 6.71. The fourth-order valence-corrected chi connectivity index (χ4v) is 3.28. The van der Waals surface area contributed by atoms with Gasteiger partial charge in [-0.25, -0.2) is 4.98 Å². The molecule has 0 radical (unpaired) electrons. The first-order chi connectivity index (χ1) is 13.2. The van der Waals surface area contributed by atoms with E-state index in [0.29, 0.717) is 5.82 Å². The number of carbonyl (C=O) groups is 1. The zero-order valence-electron chi connectivity index (χ0n) is 16.2. The highest BCUT2D eigenvalue weighted by atomic mass is 16.5. The number of rotatable bonds is 8. The fourth-order valence-electron chi connectivity index (χ4n) is 3.28. The van der Waals surface area contributed by atoms with Crippen molar-refractivity contribution in [2.75, 3.05) is 12.4 Å². The molecule has 1 amide bonds. The number of ether oxygens (including phenoxy) is 1. The lowest BCUT2D eigenvalue weighted by atomic mass is 9.98. The summed E-state index contributed by atoms with van der Waals surface area (Å²) in [6.07, 6.45) is 5.81. The molecule has 3 rings (SSSR count). The van der Waals surface area contributed by atoms with Gasteiger partial charge in [0.05, 0.1) is 7.11 Å². The maximum atomic E-state index is 12.9. The molecule has 1 N–H and O–H groups in total. The van der Waals surface area contributed by atoms with Gasteiger partial charge in [-0.2, -0.15) is 0 Å². The number of benzene rings is 1. The summed E-state index contributed by atoms with van der Waals surface area (Å²) < 4.78 is 7.28. The van der Waals surface area contributed by atoms with Gasteiger partial charge in [0.1, 0.15) is 22.9 Å². The third kappa shape index (κ3) is 4.13. The Hall–Kier alpha value is -2.82. The van der Waals surface area contributed by atoms with Crippen LogP contribution in [0.4, 0.5) is 5.82 Å². The Morgan fingerprint density at radius 2 is 2.07 bits per heavy atom. The third-order valence-corrected chi connectivity index (χ3v) is 4.88. The number of unbranched alkanes of at least 4 members (excludes halogenated alkanes) is 1. The van der Waals surface area contributed by atoms with Gasteiger partial charge in [0.15, 0.2) is 0 Å². The van der Waals surface area contributed by atoms with Crippen molar-refractivity contribution >= 4 is 17.4 Å². The lowest BCUT2D eigenvalue weighted by Gasteiger charge is -2.15. The van der Waals surface area contributed by atoms with Crippen molar-refractivity contribution in [3.8, 4) is 17.0 Å². The highest BCUT2D eigenvalue weighted by molar-refractivity contribution is 5.96. The first kappa shape index (κ1) is 19.0. The number of anilines is 1. The van der Waals surface area contributed by atoms with Crippen molar-refractivity contribution in [1.29, 1.82) is 0 Å². The van der Waals surface area contributed by atoms with Crippen molar-refractivity contribution in [3.63, 3.8) is 0 Å². The number of nitrogens with one attached hydrogen (secondary N) is 1. The van der Waals surface area contributed by atoms with Gasteiger partial charge in [-0.15, -0.1) is 0 Å². The summed E-state index contributed by atoms with van der Waals surface area (Å²) in [5.74, 6) is 1.54. The van der Waals surface area contributed by atoms with Crippen LogP contribution in [0.25, 0.3) is 16.9 Å². The van der Waals surface area contributed by atoms with E-state index >= 15 is 0 Å². The molecule has 0 bridgehead atoms. The number of pyridine rings is 1. The smallest absolute Gasteiger partial charge is 0.228 e. The Kier molecular flexibility index (Phi) is 6.12. The average Bonchev–Trinajstić information content (AvgIpc) is 3.07. The van der Waals surface area contributed by atoms with Gasteiger partial charge in [-0.3, -0.25) is 9.20 Å². The Morgan fingerprint density at radius 1 is 1.22 bits per heavy atom. The van der Waals surface area contributed by atoms with Crippen LogP contribution in [0.1, 0.15) is 39.5 Å². The Bertz CT molecular complexity index is 917. The number of methoxy groups -OCH3 is 1. The summed E-state index contributed by atoms with van der Waals surface area (Å²) in [4.78, 5) is 17.7. The van der Waals surface area contributed by atoms with Crippen LogP contribution >= 0.6 is 0 Å². The summed E-state index contributed by atoms with van der Waals surface area (Å²) in [6.45, 7) is 4.22. The molecule has 0 aliphatic heterocycles. The summed E-state index contributed by atoms with van der Waals surface area (Å²) in [5.41, 5.74) is 2.46. The van der Waals surface area contributed by atoms with E-state index in [4.69, 9.17) is 9.72 Å². The van der Waals surface area contributed by atoms with Crippen molar-refractivity contribution in [2.45, 2.75) is 39.5 Å². The highest BCUT2D eigenvalue weighted by Gasteiger charge is 2.21. The summed E-state index contributed by atoms with van der Waals surface area (Å²) in [6, 6.07) is 13.6. The number of aromatic nitrogens is 2. The van der Waals surface area contributed by atoms with E-state index in [9.17, 15) is 4.79 Å². The molecule has 1 atom stereocenters. The van der Waals surface area contributed by atoms with Crippen molar-refractivity contribution in [3.05, 3.63) is 48.7 Å². The van der Waals surface area contributed by atoms with E-state index < -0.39 is 0 Å². The molecule has 0 aliphatic carbocycles. The minimum Gasteiger partial charge on any atom is -0.497 e. The maximum absolute atomic E-state index is 12.9. The van der Waals surface area contributed by atoms with E-state index in [1.807, 2.05) is 53.1 Å². The normalized spacial score (nSPS) is 12.1. The second kappa shape index (κ2) is 8.71. The van der Waals surface area contributed by atoms with Crippen LogP contribution in [0.2, 0.25) is 0 Å². The Balaban J connectivity index is 2.01. The minimum absolute atomic E-state index is 0.0115. The molecule has 2 heterocycles. The average molecular weight is 365 g/mol. The Labute approximate surface area is 160 Å². The molecule has 0 spiro atoms. The van der Waals surface area contributed by atoms with E-state index in [1.165, 1.54) is 0 Å². The van der Waals surface area contributed by atoms with Gasteiger partial charge in [-0.1, -0.05) is 44.9 Å². The number of fused-ring (bicyclic) bond motifs is 1. The van der Waals surface area contributed by atoms with Crippen LogP contribution in [-0.2, 0) is 4.79 Å². The van der Waals surface area contributed by atoms with Crippen molar-refractivity contribution in [1.82, 2.24) is 9.38 Å². The van der Waals surface area contributed by atoms with E-state index in [0.717, 1.165) is 48.3 Å². The molecule has 3 aromatic rings. The zero-order chi connectivity index (χ0) is 19.2. The lowest BCUT2D eigenvalue weighted by Crippen LogP contribution is -2.23. The second-order valence-corrected chi connectivity index (χ2v) is 6.71.